The molecule has 8 atom stereocenters. The fourth-order valence-electron chi connectivity index (χ4n) is 23.7. The summed E-state index contributed by atoms with van der Waals surface area (Å²) >= 11 is 0. The summed E-state index contributed by atoms with van der Waals surface area (Å²) in [5.41, 5.74) is 4.65. The summed E-state index contributed by atoms with van der Waals surface area (Å²) < 4.78 is 0. The fourth-order valence-corrected chi connectivity index (χ4v) is 23.7. The van der Waals surface area contributed by atoms with Crippen LogP contribution in [0.15, 0.2) is 0 Å². The monoisotopic (exact) mass is 1750 g/mol. The third kappa shape index (κ3) is 73.4. The maximum absolute atomic E-state index is 2.64. The van der Waals surface area contributed by atoms with Crippen molar-refractivity contribution in [1.29, 1.82) is 0 Å². The molecule has 0 N–H and O–H groups in total. The number of hydrogen-bond donors (Lipinski definition) is 0. The Morgan fingerprint density at radius 2 is 0.444 bits per heavy atom. The van der Waals surface area contributed by atoms with Crippen molar-refractivity contribution in [2.75, 3.05) is 0 Å². The molecule has 8 unspecified atom stereocenters. The second-order valence-corrected chi connectivity index (χ2v) is 46.0. The van der Waals surface area contributed by atoms with E-state index in [0.29, 0.717) is 43.3 Å². The smallest absolute Gasteiger partial charge is 0.0195 e. The zero-order valence-electron chi connectivity index (χ0n) is 97.0. The van der Waals surface area contributed by atoms with Gasteiger partial charge in [-0.1, -0.05) is 573 Å². The Morgan fingerprint density at radius 1 is 0.210 bits per heavy atom. The first kappa shape index (κ1) is 139. The SMILES string of the molecule is CC.CC.CC.CC.CC.CC.CC.CC.CC(C)CC(C)CC(C)CCC1(CCC(C)CC(C)CC(C)C)CCCCC1.CC(CCCC(C)(C)C)CCC1(CCC(C)CCCC(C)(C)C)CCCCC1.CCCCCCCC(C)(C)C1(C(C)(C)CCCCCCC)CCCCC1.CCCCCCCCC(C)C1(C(C)CCCCCCCC)CCCCC1. The van der Waals surface area contributed by atoms with E-state index < -0.39 is 0 Å². The first-order valence-corrected chi connectivity index (χ1v) is 59.0. The summed E-state index contributed by atoms with van der Waals surface area (Å²) in [6.07, 6.45) is 93.6. The summed E-state index contributed by atoms with van der Waals surface area (Å²) in [5, 5.41) is 0. The van der Waals surface area contributed by atoms with Crippen LogP contribution >= 0.6 is 0 Å². The molecule has 0 aromatic heterocycles. The van der Waals surface area contributed by atoms with Crippen molar-refractivity contribution >= 4 is 0 Å². The van der Waals surface area contributed by atoms with Crippen LogP contribution in [0.4, 0.5) is 0 Å². The maximum atomic E-state index is 2.64. The van der Waals surface area contributed by atoms with E-state index in [0.717, 1.165) is 59.2 Å². The second kappa shape index (κ2) is 90.8. The normalized spacial score (nSPS) is 17.7. The largest absolute Gasteiger partial charge is 0.0683 e. The molecule has 0 nitrogen and oxygen atoms in total. The molecule has 4 fully saturated rings. The van der Waals surface area contributed by atoms with Gasteiger partial charge in [0.1, 0.15) is 0 Å². The molecule has 0 heteroatoms. The lowest BCUT2D eigenvalue weighted by Crippen LogP contribution is -2.50. The summed E-state index contributed by atoms with van der Waals surface area (Å²) in [4.78, 5) is 0. The Kier molecular flexibility index (Phi) is 102. The van der Waals surface area contributed by atoms with Gasteiger partial charge in [0, 0.05) is 0 Å². The topological polar surface area (TPSA) is 0 Å². The lowest BCUT2D eigenvalue weighted by molar-refractivity contribution is -0.0933. The average molecular weight is 1760 g/mol. The molecular weight excluding hydrogens is 1490 g/mol. The minimum absolute atomic E-state index is 0.493. The van der Waals surface area contributed by atoms with Crippen LogP contribution in [0.25, 0.3) is 0 Å². The molecule has 0 bridgehead atoms. The van der Waals surface area contributed by atoms with E-state index >= 15 is 0 Å². The Balaban J connectivity index is -0.000000228. The summed E-state index contributed by atoms with van der Waals surface area (Å²) in [6.45, 7) is 96.0. The molecule has 0 aliphatic heterocycles. The van der Waals surface area contributed by atoms with Crippen molar-refractivity contribution in [3.05, 3.63) is 0 Å². The summed E-state index contributed by atoms with van der Waals surface area (Å²) in [6, 6.07) is 0. The highest BCUT2D eigenvalue weighted by Gasteiger charge is 2.54. The molecule has 4 saturated carbocycles. The Morgan fingerprint density at radius 3 is 0.702 bits per heavy atom. The van der Waals surface area contributed by atoms with E-state index in [-0.39, 0.29) is 0 Å². The quantitative estimate of drug-likeness (QED) is 0.0533. The molecule has 0 radical (unpaired) electrons. The van der Waals surface area contributed by atoms with Gasteiger partial charge in [0.25, 0.3) is 0 Å². The molecule has 0 heterocycles. The second-order valence-electron chi connectivity index (χ2n) is 46.0. The molecule has 0 aromatic carbocycles. The third-order valence-electron chi connectivity index (χ3n) is 30.9. The lowest BCUT2D eigenvalue weighted by atomic mass is 9.46. The minimum Gasteiger partial charge on any atom is -0.0683 e. The van der Waals surface area contributed by atoms with Gasteiger partial charge in [0.2, 0.25) is 0 Å². The van der Waals surface area contributed by atoms with Crippen LogP contribution in [-0.2, 0) is 0 Å². The van der Waals surface area contributed by atoms with E-state index in [9.17, 15) is 0 Å². The van der Waals surface area contributed by atoms with E-state index in [1.54, 1.807) is 0 Å². The van der Waals surface area contributed by atoms with Gasteiger partial charge in [-0.3, -0.25) is 0 Å². The van der Waals surface area contributed by atoms with Crippen molar-refractivity contribution < 1.29 is 0 Å². The third-order valence-corrected chi connectivity index (χ3v) is 30.9. The van der Waals surface area contributed by atoms with Crippen LogP contribution < -0.4 is 0 Å². The van der Waals surface area contributed by atoms with Gasteiger partial charge >= 0.3 is 0 Å². The van der Waals surface area contributed by atoms with Gasteiger partial charge < -0.3 is 0 Å². The fraction of sp³-hybridized carbons (Fsp3) is 1.00. The van der Waals surface area contributed by atoms with Crippen LogP contribution in [0.3, 0.4) is 0 Å². The van der Waals surface area contributed by atoms with Gasteiger partial charge in [-0.25, -0.2) is 0 Å². The van der Waals surface area contributed by atoms with Crippen molar-refractivity contribution in [3.63, 3.8) is 0 Å². The number of hydrogen-bond acceptors (Lipinski definition) is 0. The lowest BCUT2D eigenvalue weighted by Gasteiger charge is -2.59. The van der Waals surface area contributed by atoms with E-state index in [1.165, 1.54) is 411 Å². The molecule has 124 heavy (non-hydrogen) atoms. The molecule has 4 aliphatic rings. The van der Waals surface area contributed by atoms with Crippen LogP contribution in [0.2, 0.25) is 0 Å². The van der Waals surface area contributed by atoms with E-state index in [1.807, 2.05) is 111 Å². The van der Waals surface area contributed by atoms with Crippen molar-refractivity contribution in [2.45, 2.75) is 702 Å². The van der Waals surface area contributed by atoms with Gasteiger partial charge in [-0.15, -0.1) is 0 Å². The first-order chi connectivity index (χ1) is 59.0. The highest BCUT2D eigenvalue weighted by atomic mass is 14.6. The molecular formula is C124H264. The van der Waals surface area contributed by atoms with Crippen LogP contribution in [0, 0.1) is 102 Å². The van der Waals surface area contributed by atoms with Crippen LogP contribution in [0.5, 0.6) is 0 Å². The highest BCUT2D eigenvalue weighted by molar-refractivity contribution is 5.03. The van der Waals surface area contributed by atoms with Gasteiger partial charge in [0.05, 0.1) is 0 Å². The molecule has 0 amide bonds. The number of rotatable bonds is 56. The van der Waals surface area contributed by atoms with Gasteiger partial charge in [-0.05, 0) is 231 Å². The molecule has 760 valence electrons. The van der Waals surface area contributed by atoms with E-state index in [4.69, 9.17) is 0 Å². The van der Waals surface area contributed by atoms with Crippen molar-refractivity contribution in [2.24, 2.45) is 102 Å². The zero-order chi connectivity index (χ0) is 97.0. The van der Waals surface area contributed by atoms with Gasteiger partial charge in [-0.2, -0.15) is 0 Å². The predicted octanol–water partition coefficient (Wildman–Crippen LogP) is 47.7. The van der Waals surface area contributed by atoms with Gasteiger partial charge in [0.15, 0.2) is 0 Å². The molecule has 0 saturated heterocycles. The Bertz CT molecular complexity index is 1850. The average Bonchev–Trinajstić information content (AvgIpc) is 0.740. The maximum Gasteiger partial charge on any atom is -0.0195 e. The van der Waals surface area contributed by atoms with Crippen molar-refractivity contribution in [1.82, 2.24) is 0 Å². The standard InChI is InChI=1S/2C28H56.2C26H52.8C2H6/c1-24(14-12-18-26(3,4)5)16-22-28(20-10-9-11-21-28)23-17-25(2)15-13-19-27(6,7)8;1-22(2)18-26(7)20-24(5)12-16-28(14-10-9-11-15-28)17-13-25(6)21-27(8)19-23(3)4;1-7-9-11-13-16-20-24(3,4)26(22-18-15-19-23-26)25(5,6)21-17-14-12-10-8-2;1-5-7-9-11-13-16-20-24(3)26(22-18-15-19-23-26)25(4)21-17-14-12-10-8-6-2;8*1-2/h24-25H,9-23H2,1-8H3;22-27H,9-21H2,1-8H3;7-23H2,1-6H3;24-25H,5-23H2,1-4H3;8*1-2H3. The minimum atomic E-state index is 0.493. The predicted molar refractivity (Wildman–Crippen MR) is 588 cm³/mol. The first-order valence-electron chi connectivity index (χ1n) is 59.0. The zero-order valence-corrected chi connectivity index (χ0v) is 97.0. The molecule has 0 aromatic rings. The van der Waals surface area contributed by atoms with E-state index in [2.05, 4.69) is 180 Å². The van der Waals surface area contributed by atoms with Crippen LogP contribution in [0.1, 0.15) is 702 Å². The molecule has 0 spiro atoms. The number of unbranched alkanes of at least 4 members (excludes halogenated alkanes) is 18. The molecule has 4 aliphatic carbocycles. The summed E-state index contributed by atoms with van der Waals surface area (Å²) in [5.74, 6) is 9.08. The van der Waals surface area contributed by atoms with Crippen LogP contribution in [-0.4, -0.2) is 0 Å². The molecule has 4 rings (SSSR count). The Labute approximate surface area is 799 Å². The summed E-state index contributed by atoms with van der Waals surface area (Å²) in [7, 11) is 0. The van der Waals surface area contributed by atoms with Crippen molar-refractivity contribution in [3.8, 4) is 0 Å². The highest BCUT2D eigenvalue weighted by Crippen LogP contribution is 2.63. The Hall–Kier alpha value is 0.